The SMILES string of the molecule is CC(C)(C)OC(=O)[C@H](c1ccccc1F)[C@H](N)CC(=O)O. The van der Waals surface area contributed by atoms with E-state index in [-0.39, 0.29) is 5.56 Å². The summed E-state index contributed by atoms with van der Waals surface area (Å²) >= 11 is 0. The highest BCUT2D eigenvalue weighted by atomic mass is 19.1. The van der Waals surface area contributed by atoms with Crippen LogP contribution in [-0.2, 0) is 14.3 Å². The second-order valence-electron chi connectivity index (χ2n) is 5.79. The third-order valence-electron chi connectivity index (χ3n) is 2.74. The molecular formula is C15H20FNO4. The van der Waals surface area contributed by atoms with Crippen LogP contribution in [0.25, 0.3) is 0 Å². The lowest BCUT2D eigenvalue weighted by molar-refractivity contribution is -0.157. The molecular weight excluding hydrogens is 277 g/mol. The first-order valence-electron chi connectivity index (χ1n) is 6.56. The number of carboxylic acids is 1. The maximum Gasteiger partial charge on any atom is 0.315 e. The summed E-state index contributed by atoms with van der Waals surface area (Å²) in [6, 6.07) is 4.57. The first-order chi connectivity index (χ1) is 9.61. The van der Waals surface area contributed by atoms with E-state index in [1.54, 1.807) is 26.8 Å². The molecule has 0 saturated carbocycles. The summed E-state index contributed by atoms with van der Waals surface area (Å²) in [5, 5.41) is 8.84. The lowest BCUT2D eigenvalue weighted by atomic mass is 9.89. The van der Waals surface area contributed by atoms with E-state index < -0.39 is 41.7 Å². The lowest BCUT2D eigenvalue weighted by Gasteiger charge is -2.27. The van der Waals surface area contributed by atoms with Crippen LogP contribution in [-0.4, -0.2) is 28.7 Å². The second kappa shape index (κ2) is 6.67. The zero-order valence-electron chi connectivity index (χ0n) is 12.3. The Bertz CT molecular complexity index is 525. The molecule has 0 bridgehead atoms. The molecule has 116 valence electrons. The number of carbonyl (C=O) groups excluding carboxylic acids is 1. The molecule has 0 aromatic heterocycles. The minimum absolute atomic E-state index is 0.0421. The van der Waals surface area contributed by atoms with Crippen LogP contribution in [0.5, 0.6) is 0 Å². The first-order valence-corrected chi connectivity index (χ1v) is 6.56. The van der Waals surface area contributed by atoms with E-state index in [2.05, 4.69) is 0 Å². The van der Waals surface area contributed by atoms with E-state index in [9.17, 15) is 14.0 Å². The summed E-state index contributed by atoms with van der Waals surface area (Å²) in [5.41, 5.74) is 5.06. The molecule has 1 aromatic rings. The minimum Gasteiger partial charge on any atom is -0.481 e. The van der Waals surface area contributed by atoms with Crippen molar-refractivity contribution in [2.24, 2.45) is 5.73 Å². The van der Waals surface area contributed by atoms with Gasteiger partial charge in [0.15, 0.2) is 0 Å². The summed E-state index contributed by atoms with van der Waals surface area (Å²) in [6.45, 7) is 5.02. The van der Waals surface area contributed by atoms with Gasteiger partial charge in [0.25, 0.3) is 0 Å². The fourth-order valence-electron chi connectivity index (χ4n) is 1.94. The van der Waals surface area contributed by atoms with Gasteiger partial charge in [-0.2, -0.15) is 0 Å². The van der Waals surface area contributed by atoms with Gasteiger partial charge in [0.05, 0.1) is 6.42 Å². The van der Waals surface area contributed by atoms with Crippen LogP contribution in [0, 0.1) is 5.82 Å². The molecule has 1 rings (SSSR count). The highest BCUT2D eigenvalue weighted by Gasteiger charge is 2.34. The molecule has 0 radical (unpaired) electrons. The highest BCUT2D eigenvalue weighted by Crippen LogP contribution is 2.27. The summed E-state index contributed by atoms with van der Waals surface area (Å²) in [6.07, 6.45) is -0.460. The van der Waals surface area contributed by atoms with Crippen molar-refractivity contribution >= 4 is 11.9 Å². The van der Waals surface area contributed by atoms with Gasteiger partial charge in [-0.05, 0) is 26.8 Å². The average molecular weight is 297 g/mol. The van der Waals surface area contributed by atoms with Gasteiger partial charge in [-0.15, -0.1) is 0 Å². The zero-order chi connectivity index (χ0) is 16.2. The Morgan fingerprint density at radius 2 is 1.90 bits per heavy atom. The van der Waals surface area contributed by atoms with E-state index in [0.717, 1.165) is 0 Å². The van der Waals surface area contributed by atoms with E-state index in [0.29, 0.717) is 0 Å². The van der Waals surface area contributed by atoms with Crippen LogP contribution in [0.4, 0.5) is 4.39 Å². The number of carbonyl (C=O) groups is 2. The largest absolute Gasteiger partial charge is 0.481 e. The zero-order valence-corrected chi connectivity index (χ0v) is 12.3. The Morgan fingerprint density at radius 3 is 2.38 bits per heavy atom. The molecule has 1 aromatic carbocycles. The van der Waals surface area contributed by atoms with Crippen molar-refractivity contribution in [2.75, 3.05) is 0 Å². The Hall–Kier alpha value is -1.95. The molecule has 21 heavy (non-hydrogen) atoms. The molecule has 0 fully saturated rings. The quantitative estimate of drug-likeness (QED) is 0.812. The molecule has 0 unspecified atom stereocenters. The number of carboxylic acid groups (broad SMARTS) is 1. The van der Waals surface area contributed by atoms with E-state index in [1.807, 2.05) is 0 Å². The number of benzene rings is 1. The normalized spacial score (nSPS) is 14.3. The third kappa shape index (κ3) is 5.15. The predicted octanol–water partition coefficient (Wildman–Crippen LogP) is 2.05. The standard InChI is InChI=1S/C15H20FNO4/c1-15(2,3)21-14(20)13(11(17)8-12(18)19)9-6-4-5-7-10(9)16/h4-7,11,13H,8,17H2,1-3H3,(H,18,19)/t11-,13-/m1/s1. The van der Waals surface area contributed by atoms with Crippen molar-refractivity contribution in [1.82, 2.24) is 0 Å². The molecule has 5 nitrogen and oxygen atoms in total. The lowest BCUT2D eigenvalue weighted by Crippen LogP contribution is -2.39. The van der Waals surface area contributed by atoms with Gasteiger partial charge >= 0.3 is 11.9 Å². The summed E-state index contributed by atoms with van der Waals surface area (Å²) in [7, 11) is 0. The van der Waals surface area contributed by atoms with Gasteiger partial charge in [0.1, 0.15) is 17.3 Å². The van der Waals surface area contributed by atoms with Crippen molar-refractivity contribution in [1.29, 1.82) is 0 Å². The number of nitrogens with two attached hydrogens (primary N) is 1. The molecule has 0 aliphatic carbocycles. The minimum atomic E-state index is -1.17. The van der Waals surface area contributed by atoms with Crippen LogP contribution in [0.1, 0.15) is 38.7 Å². The first kappa shape index (κ1) is 17.1. The number of ether oxygens (including phenoxy) is 1. The van der Waals surface area contributed by atoms with Crippen LogP contribution >= 0.6 is 0 Å². The van der Waals surface area contributed by atoms with Crippen LogP contribution in [0.15, 0.2) is 24.3 Å². The van der Waals surface area contributed by atoms with E-state index in [4.69, 9.17) is 15.6 Å². The van der Waals surface area contributed by atoms with Gasteiger partial charge < -0.3 is 15.6 Å². The fourth-order valence-corrected chi connectivity index (χ4v) is 1.94. The Labute approximate surface area is 122 Å². The highest BCUT2D eigenvalue weighted by molar-refractivity contribution is 5.81. The Balaban J connectivity index is 3.14. The van der Waals surface area contributed by atoms with Gasteiger partial charge in [-0.1, -0.05) is 18.2 Å². The third-order valence-corrected chi connectivity index (χ3v) is 2.74. The molecule has 0 aliphatic rings. The number of halogens is 1. The smallest absolute Gasteiger partial charge is 0.315 e. The van der Waals surface area contributed by atoms with E-state index >= 15 is 0 Å². The number of hydrogen-bond donors (Lipinski definition) is 2. The number of aliphatic carboxylic acids is 1. The van der Waals surface area contributed by atoms with Gasteiger partial charge in [0, 0.05) is 11.6 Å². The second-order valence-corrected chi connectivity index (χ2v) is 5.79. The Morgan fingerprint density at radius 1 is 1.33 bits per heavy atom. The fraction of sp³-hybridized carbons (Fsp3) is 0.467. The molecule has 0 heterocycles. The maximum atomic E-state index is 13.9. The van der Waals surface area contributed by atoms with Crippen molar-refractivity contribution in [2.45, 2.75) is 44.8 Å². The number of hydrogen-bond acceptors (Lipinski definition) is 4. The summed E-state index contributed by atoms with van der Waals surface area (Å²) in [4.78, 5) is 23.1. The monoisotopic (exact) mass is 297 g/mol. The summed E-state index contributed by atoms with van der Waals surface area (Å²) in [5.74, 6) is -3.68. The van der Waals surface area contributed by atoms with E-state index in [1.165, 1.54) is 18.2 Å². The van der Waals surface area contributed by atoms with Gasteiger partial charge in [-0.3, -0.25) is 9.59 Å². The van der Waals surface area contributed by atoms with Crippen LogP contribution < -0.4 is 5.73 Å². The molecule has 0 aliphatic heterocycles. The molecule has 3 N–H and O–H groups in total. The number of rotatable bonds is 5. The average Bonchev–Trinajstić information content (AvgIpc) is 2.28. The predicted molar refractivity (Wildman–Crippen MR) is 75.2 cm³/mol. The van der Waals surface area contributed by atoms with Crippen LogP contribution in [0.2, 0.25) is 0 Å². The van der Waals surface area contributed by atoms with Gasteiger partial charge in [0.2, 0.25) is 0 Å². The van der Waals surface area contributed by atoms with Crippen LogP contribution in [0.3, 0.4) is 0 Å². The van der Waals surface area contributed by atoms with Crippen molar-refractivity contribution < 1.29 is 23.8 Å². The molecule has 0 amide bonds. The number of esters is 1. The molecule has 0 spiro atoms. The van der Waals surface area contributed by atoms with Crippen molar-refractivity contribution in [3.63, 3.8) is 0 Å². The summed E-state index contributed by atoms with van der Waals surface area (Å²) < 4.78 is 19.2. The molecule has 2 atom stereocenters. The molecule has 0 saturated heterocycles. The topological polar surface area (TPSA) is 89.6 Å². The van der Waals surface area contributed by atoms with Crippen molar-refractivity contribution in [3.8, 4) is 0 Å². The Kier molecular flexibility index (Phi) is 5.43. The molecule has 6 heteroatoms. The maximum absolute atomic E-state index is 13.9. The van der Waals surface area contributed by atoms with Gasteiger partial charge in [-0.25, -0.2) is 4.39 Å². The van der Waals surface area contributed by atoms with Crippen molar-refractivity contribution in [3.05, 3.63) is 35.6 Å².